The molecule has 130 valence electrons. The number of likely N-dealkylation sites (tertiary alicyclic amines) is 1. The Kier molecular flexibility index (Phi) is 5.33. The van der Waals surface area contributed by atoms with Gasteiger partial charge in [-0.25, -0.2) is 0 Å². The van der Waals surface area contributed by atoms with Gasteiger partial charge in [0.2, 0.25) is 11.8 Å². The van der Waals surface area contributed by atoms with Gasteiger partial charge in [-0.05, 0) is 44.5 Å². The Bertz CT molecular complexity index is 653. The fraction of sp³-hybridized carbons (Fsp3) is 0.529. The number of nitrogens with one attached hydrogen (secondary N) is 1. The summed E-state index contributed by atoms with van der Waals surface area (Å²) < 4.78 is 0. The maximum Gasteiger partial charge on any atom is 0.239 e. The number of nitrogens with zero attached hydrogens (tertiary/aromatic N) is 2. The number of halogens is 2. The molecular weight excluding hydrogens is 349 g/mol. The summed E-state index contributed by atoms with van der Waals surface area (Å²) in [6, 6.07) is 5.33. The minimum atomic E-state index is -0.615. The third-order valence-corrected chi connectivity index (χ3v) is 5.40. The quantitative estimate of drug-likeness (QED) is 0.833. The lowest BCUT2D eigenvalue weighted by atomic mass is 10.0. The summed E-state index contributed by atoms with van der Waals surface area (Å²) in [7, 11) is 1.91. The highest BCUT2D eigenvalue weighted by atomic mass is 35.5. The smallest absolute Gasteiger partial charge is 0.239 e. The van der Waals surface area contributed by atoms with Crippen molar-refractivity contribution < 1.29 is 9.59 Å². The van der Waals surface area contributed by atoms with Crippen molar-refractivity contribution >= 4 is 40.7 Å². The summed E-state index contributed by atoms with van der Waals surface area (Å²) in [6.07, 6.45) is 2.53. The molecule has 0 saturated carbocycles. The lowest BCUT2D eigenvalue weighted by Crippen LogP contribution is -2.49. The Morgan fingerprint density at radius 3 is 2.79 bits per heavy atom. The van der Waals surface area contributed by atoms with Crippen molar-refractivity contribution in [2.45, 2.75) is 25.3 Å². The number of likely N-dealkylation sites (N-methyl/N-ethyl adjacent to an activating group) is 1. The largest absolute Gasteiger partial charge is 0.340 e. The van der Waals surface area contributed by atoms with Crippen LogP contribution in [0.3, 0.4) is 0 Å². The first kappa shape index (κ1) is 17.5. The summed E-state index contributed by atoms with van der Waals surface area (Å²) in [5, 5.41) is 4.20. The summed E-state index contributed by atoms with van der Waals surface area (Å²) in [5.41, 5.74) is 0.580. The van der Waals surface area contributed by atoms with Crippen LogP contribution < -0.4 is 10.2 Å². The number of rotatable bonds is 3. The molecule has 1 aromatic carbocycles. The van der Waals surface area contributed by atoms with Crippen LogP contribution in [0.2, 0.25) is 10.0 Å². The standard InChI is InChI=1S/C17H21Cl2N3O2/c1-20-12-3-2-7-21(10-12)16(23)13-6-8-22(17(13)24)15-9-11(18)4-5-14(15)19/h4-5,9,12-13,20H,2-3,6-8,10H2,1H3/t12-,13+/m1/s1. The highest BCUT2D eigenvalue weighted by Crippen LogP contribution is 2.34. The average Bonchev–Trinajstić information content (AvgIpc) is 2.97. The van der Waals surface area contributed by atoms with Crippen molar-refractivity contribution in [2.75, 3.05) is 31.6 Å². The van der Waals surface area contributed by atoms with Crippen LogP contribution in [0.5, 0.6) is 0 Å². The predicted molar refractivity (Wildman–Crippen MR) is 95.6 cm³/mol. The number of carbonyl (C=O) groups is 2. The maximum absolute atomic E-state index is 12.8. The van der Waals surface area contributed by atoms with Crippen molar-refractivity contribution in [3.63, 3.8) is 0 Å². The first-order valence-electron chi connectivity index (χ1n) is 8.23. The van der Waals surface area contributed by atoms with Crippen molar-refractivity contribution in [1.82, 2.24) is 10.2 Å². The second kappa shape index (κ2) is 7.30. The second-order valence-corrected chi connectivity index (χ2v) is 7.18. The van der Waals surface area contributed by atoms with E-state index in [2.05, 4.69) is 5.32 Å². The first-order valence-corrected chi connectivity index (χ1v) is 8.99. The zero-order chi connectivity index (χ0) is 17.3. The second-order valence-electron chi connectivity index (χ2n) is 6.34. The molecule has 2 saturated heterocycles. The minimum absolute atomic E-state index is 0.0689. The van der Waals surface area contributed by atoms with E-state index < -0.39 is 5.92 Å². The van der Waals surface area contributed by atoms with Gasteiger partial charge in [0.15, 0.2) is 0 Å². The van der Waals surface area contributed by atoms with E-state index in [1.54, 1.807) is 23.1 Å². The average molecular weight is 370 g/mol. The van der Waals surface area contributed by atoms with Gasteiger partial charge in [-0.3, -0.25) is 9.59 Å². The third-order valence-electron chi connectivity index (χ3n) is 4.84. The fourth-order valence-electron chi connectivity index (χ4n) is 3.47. The van der Waals surface area contributed by atoms with Gasteiger partial charge in [0.05, 0.1) is 10.7 Å². The Labute approximate surface area is 151 Å². The SMILES string of the molecule is CN[C@@H]1CCCN(C(=O)[C@@H]2CCN(c3cc(Cl)ccc3Cl)C2=O)C1. The molecule has 2 aliphatic rings. The van der Waals surface area contributed by atoms with Crippen LogP contribution >= 0.6 is 23.2 Å². The van der Waals surface area contributed by atoms with E-state index in [0.717, 1.165) is 19.4 Å². The Balaban J connectivity index is 1.74. The van der Waals surface area contributed by atoms with Gasteiger partial charge in [0.1, 0.15) is 5.92 Å². The number of hydrogen-bond acceptors (Lipinski definition) is 3. The van der Waals surface area contributed by atoms with E-state index in [0.29, 0.717) is 41.3 Å². The molecule has 0 radical (unpaired) electrons. The molecule has 1 N–H and O–H groups in total. The van der Waals surface area contributed by atoms with Crippen LogP contribution in [0.15, 0.2) is 18.2 Å². The monoisotopic (exact) mass is 369 g/mol. The van der Waals surface area contributed by atoms with Gasteiger partial charge in [-0.1, -0.05) is 23.2 Å². The van der Waals surface area contributed by atoms with E-state index >= 15 is 0 Å². The van der Waals surface area contributed by atoms with Gasteiger partial charge in [-0.15, -0.1) is 0 Å². The van der Waals surface area contributed by atoms with Crippen molar-refractivity contribution in [1.29, 1.82) is 0 Å². The van der Waals surface area contributed by atoms with E-state index in [1.165, 1.54) is 0 Å². The predicted octanol–water partition coefficient (Wildman–Crippen LogP) is 2.56. The summed E-state index contributed by atoms with van der Waals surface area (Å²) in [6.45, 7) is 1.87. The highest BCUT2D eigenvalue weighted by molar-refractivity contribution is 6.36. The maximum atomic E-state index is 12.8. The molecule has 2 heterocycles. The number of piperidine rings is 1. The topological polar surface area (TPSA) is 52.7 Å². The summed E-state index contributed by atoms with van der Waals surface area (Å²) in [4.78, 5) is 29.0. The molecule has 0 bridgehead atoms. The number of carbonyl (C=O) groups excluding carboxylic acids is 2. The Hall–Kier alpha value is -1.30. The minimum Gasteiger partial charge on any atom is -0.340 e. The lowest BCUT2D eigenvalue weighted by molar-refractivity contribution is -0.140. The van der Waals surface area contributed by atoms with Gasteiger partial charge in [-0.2, -0.15) is 0 Å². The number of anilines is 1. The molecule has 3 rings (SSSR count). The number of amides is 2. The van der Waals surface area contributed by atoms with Crippen LogP contribution in [-0.2, 0) is 9.59 Å². The van der Waals surface area contributed by atoms with Crippen LogP contribution in [0, 0.1) is 5.92 Å². The van der Waals surface area contributed by atoms with Crippen LogP contribution in [-0.4, -0.2) is 49.4 Å². The molecule has 2 fully saturated rings. The Morgan fingerprint density at radius 1 is 1.25 bits per heavy atom. The fourth-order valence-corrected chi connectivity index (χ4v) is 3.86. The van der Waals surface area contributed by atoms with Crippen molar-refractivity contribution in [2.24, 2.45) is 5.92 Å². The number of hydrogen-bond donors (Lipinski definition) is 1. The zero-order valence-electron chi connectivity index (χ0n) is 13.6. The van der Waals surface area contributed by atoms with Gasteiger partial charge >= 0.3 is 0 Å². The first-order chi connectivity index (χ1) is 11.5. The molecule has 0 unspecified atom stereocenters. The molecule has 7 heteroatoms. The molecule has 0 aliphatic carbocycles. The summed E-state index contributed by atoms with van der Waals surface area (Å²) in [5.74, 6) is -0.869. The van der Waals surface area contributed by atoms with Gasteiger partial charge in [0.25, 0.3) is 0 Å². The van der Waals surface area contributed by atoms with Gasteiger partial charge in [0, 0.05) is 30.7 Å². The molecule has 2 atom stereocenters. The van der Waals surface area contributed by atoms with Crippen LogP contribution in [0.4, 0.5) is 5.69 Å². The van der Waals surface area contributed by atoms with Crippen LogP contribution in [0.25, 0.3) is 0 Å². The van der Waals surface area contributed by atoms with Crippen LogP contribution in [0.1, 0.15) is 19.3 Å². The molecule has 2 amide bonds. The zero-order valence-corrected chi connectivity index (χ0v) is 15.1. The Morgan fingerprint density at radius 2 is 2.04 bits per heavy atom. The van der Waals surface area contributed by atoms with E-state index in [4.69, 9.17) is 23.2 Å². The molecule has 24 heavy (non-hydrogen) atoms. The molecular formula is C17H21Cl2N3O2. The van der Waals surface area contributed by atoms with E-state index in [-0.39, 0.29) is 11.8 Å². The normalized spacial score (nSPS) is 24.5. The molecule has 1 aromatic rings. The summed E-state index contributed by atoms with van der Waals surface area (Å²) >= 11 is 12.2. The highest BCUT2D eigenvalue weighted by Gasteiger charge is 2.41. The number of benzene rings is 1. The van der Waals surface area contributed by atoms with E-state index in [9.17, 15) is 9.59 Å². The third kappa shape index (κ3) is 3.39. The lowest BCUT2D eigenvalue weighted by Gasteiger charge is -2.33. The van der Waals surface area contributed by atoms with E-state index in [1.807, 2.05) is 11.9 Å². The van der Waals surface area contributed by atoms with Crippen molar-refractivity contribution in [3.8, 4) is 0 Å². The molecule has 5 nitrogen and oxygen atoms in total. The van der Waals surface area contributed by atoms with Crippen molar-refractivity contribution in [3.05, 3.63) is 28.2 Å². The molecule has 0 aromatic heterocycles. The van der Waals surface area contributed by atoms with Gasteiger partial charge < -0.3 is 15.1 Å². The molecule has 0 spiro atoms. The molecule has 2 aliphatic heterocycles.